The van der Waals surface area contributed by atoms with E-state index in [0.717, 1.165) is 0 Å². The average molecular weight is 270 g/mol. The third-order valence-electron chi connectivity index (χ3n) is 3.66. The minimum absolute atomic E-state index is 0.347. The van der Waals surface area contributed by atoms with E-state index in [1.807, 2.05) is 18.2 Å². The lowest BCUT2D eigenvalue weighted by Gasteiger charge is -2.33. The first kappa shape index (κ1) is 12.6. The minimum atomic E-state index is -1.16. The van der Waals surface area contributed by atoms with Crippen molar-refractivity contribution in [2.45, 2.75) is 11.6 Å². The predicted octanol–water partition coefficient (Wildman–Crippen LogP) is 0.824. The molecule has 1 aliphatic heterocycles. The number of carbonyl (C=O) groups excluding carboxylic acids is 2. The molecule has 1 unspecified atom stereocenters. The molecule has 0 spiro atoms. The van der Waals surface area contributed by atoms with Gasteiger partial charge < -0.3 is 10.4 Å². The highest BCUT2D eigenvalue weighted by molar-refractivity contribution is 6.08. The summed E-state index contributed by atoms with van der Waals surface area (Å²) in [5.41, 5.74) is -0.454. The molecule has 0 saturated carbocycles. The highest BCUT2D eigenvalue weighted by atomic mass is 16.3. The van der Waals surface area contributed by atoms with Gasteiger partial charge in [-0.05, 0) is 5.56 Å². The van der Waals surface area contributed by atoms with Crippen molar-refractivity contribution in [3.63, 3.8) is 0 Å². The maximum absolute atomic E-state index is 12.4. The van der Waals surface area contributed by atoms with Crippen LogP contribution >= 0.6 is 0 Å². The van der Waals surface area contributed by atoms with Gasteiger partial charge in [0.15, 0.2) is 5.54 Å². The highest BCUT2D eigenvalue weighted by Gasteiger charge is 2.51. The second-order valence-corrected chi connectivity index (χ2v) is 4.87. The molecular weight excluding hydrogens is 256 g/mol. The summed E-state index contributed by atoms with van der Waals surface area (Å²) in [6, 6.07) is 8.59. The maximum Gasteiger partial charge on any atom is 0.322 e. The Morgan fingerprint density at radius 2 is 1.65 bits per heavy atom. The Balaban J connectivity index is 2.10. The number of benzene rings is 1. The monoisotopic (exact) mass is 270 g/mol. The Kier molecular flexibility index (Phi) is 2.91. The lowest BCUT2D eigenvalue weighted by atomic mass is 9.76. The van der Waals surface area contributed by atoms with Gasteiger partial charge in [0.25, 0.3) is 5.91 Å². The first-order chi connectivity index (χ1) is 9.63. The molecule has 0 radical (unpaired) electrons. The van der Waals surface area contributed by atoms with E-state index in [2.05, 4.69) is 10.6 Å². The number of aliphatic hydroxyl groups is 1. The molecule has 1 saturated heterocycles. The van der Waals surface area contributed by atoms with E-state index in [4.69, 9.17) is 0 Å². The number of amides is 3. The largest absolute Gasteiger partial charge is 0.385 e. The second kappa shape index (κ2) is 4.61. The van der Waals surface area contributed by atoms with E-state index >= 15 is 0 Å². The summed E-state index contributed by atoms with van der Waals surface area (Å²) in [6.45, 7) is 0. The lowest BCUT2D eigenvalue weighted by Crippen LogP contribution is -2.49. The molecule has 102 valence electrons. The van der Waals surface area contributed by atoms with Gasteiger partial charge in [-0.25, -0.2) is 4.79 Å². The van der Waals surface area contributed by atoms with Gasteiger partial charge in [-0.1, -0.05) is 54.6 Å². The Labute approximate surface area is 116 Å². The Hall–Kier alpha value is -2.40. The number of hydrogen-bond donors (Lipinski definition) is 3. The van der Waals surface area contributed by atoms with Gasteiger partial charge in [-0.2, -0.15) is 0 Å². The van der Waals surface area contributed by atoms with Crippen LogP contribution in [-0.4, -0.2) is 23.1 Å². The average Bonchev–Trinajstić information content (AvgIpc) is 2.76. The van der Waals surface area contributed by atoms with E-state index in [9.17, 15) is 14.7 Å². The normalized spacial score (nSPS) is 32.0. The van der Waals surface area contributed by atoms with Crippen LogP contribution in [0.15, 0.2) is 54.6 Å². The van der Waals surface area contributed by atoms with Crippen molar-refractivity contribution >= 4 is 11.9 Å². The fourth-order valence-electron chi connectivity index (χ4n) is 2.68. The van der Waals surface area contributed by atoms with Crippen LogP contribution < -0.4 is 10.6 Å². The van der Waals surface area contributed by atoms with Crippen molar-refractivity contribution in [3.05, 3.63) is 60.2 Å². The van der Waals surface area contributed by atoms with Crippen LogP contribution in [0.2, 0.25) is 0 Å². The number of imide groups is 1. The number of urea groups is 1. The number of rotatable bonds is 2. The molecule has 0 aromatic heterocycles. The number of hydrogen-bond acceptors (Lipinski definition) is 3. The first-order valence-corrected chi connectivity index (χ1v) is 6.37. The Bertz CT molecular complexity index is 595. The van der Waals surface area contributed by atoms with Crippen LogP contribution in [0.3, 0.4) is 0 Å². The first-order valence-electron chi connectivity index (χ1n) is 6.37. The smallest absolute Gasteiger partial charge is 0.322 e. The molecule has 3 rings (SSSR count). The second-order valence-electron chi connectivity index (χ2n) is 4.87. The van der Waals surface area contributed by atoms with Crippen LogP contribution in [0.25, 0.3) is 0 Å². The predicted molar refractivity (Wildman–Crippen MR) is 72.6 cm³/mol. The van der Waals surface area contributed by atoms with Crippen molar-refractivity contribution < 1.29 is 14.7 Å². The third-order valence-corrected chi connectivity index (χ3v) is 3.66. The fraction of sp³-hybridized carbons (Fsp3) is 0.200. The number of nitrogens with one attached hydrogen (secondary N) is 2. The Morgan fingerprint density at radius 3 is 2.20 bits per heavy atom. The van der Waals surface area contributed by atoms with Gasteiger partial charge >= 0.3 is 6.03 Å². The zero-order chi connectivity index (χ0) is 14.2. The molecule has 5 nitrogen and oxygen atoms in total. The molecule has 20 heavy (non-hydrogen) atoms. The molecular formula is C15H14N2O3. The summed E-state index contributed by atoms with van der Waals surface area (Å²) in [7, 11) is 0. The molecule has 2 aliphatic rings. The highest BCUT2D eigenvalue weighted by Crippen LogP contribution is 2.36. The standard InChI is InChI=1S/C15H14N2O3/c18-12-8-6-11(7-9-12)15(10-4-2-1-3-5-10)13(19)16-14(20)17-15/h1-9,11-12,18H,(H2,16,17,19,20). The van der Waals surface area contributed by atoms with Crippen molar-refractivity contribution in [1.82, 2.24) is 10.6 Å². The molecule has 1 aliphatic carbocycles. The summed E-state index contributed by atoms with van der Waals surface area (Å²) in [5.74, 6) is -0.732. The molecule has 1 fully saturated rings. The van der Waals surface area contributed by atoms with Crippen LogP contribution in [-0.2, 0) is 10.3 Å². The van der Waals surface area contributed by atoms with Gasteiger partial charge in [0.1, 0.15) is 0 Å². The van der Waals surface area contributed by atoms with Crippen LogP contribution in [0, 0.1) is 5.92 Å². The molecule has 1 aromatic carbocycles. The van der Waals surface area contributed by atoms with Crippen molar-refractivity contribution in [1.29, 1.82) is 0 Å². The molecule has 1 heterocycles. The number of aliphatic hydroxyl groups excluding tert-OH is 1. The quantitative estimate of drug-likeness (QED) is 0.550. The maximum atomic E-state index is 12.4. The summed E-state index contributed by atoms with van der Waals surface area (Å²) in [6.07, 6.45) is 6.03. The van der Waals surface area contributed by atoms with Gasteiger partial charge in [0, 0.05) is 5.92 Å². The van der Waals surface area contributed by atoms with Gasteiger partial charge in [0.05, 0.1) is 6.10 Å². The summed E-state index contributed by atoms with van der Waals surface area (Å²) in [4.78, 5) is 24.0. The van der Waals surface area contributed by atoms with Crippen molar-refractivity contribution in [3.8, 4) is 0 Å². The van der Waals surface area contributed by atoms with Gasteiger partial charge in [-0.3, -0.25) is 10.1 Å². The van der Waals surface area contributed by atoms with Crippen LogP contribution in [0.1, 0.15) is 5.56 Å². The van der Waals surface area contributed by atoms with Crippen LogP contribution in [0.5, 0.6) is 0 Å². The minimum Gasteiger partial charge on any atom is -0.385 e. The number of carbonyl (C=O) groups is 2. The van der Waals surface area contributed by atoms with E-state index in [0.29, 0.717) is 5.56 Å². The van der Waals surface area contributed by atoms with Gasteiger partial charge in [-0.15, -0.1) is 0 Å². The van der Waals surface area contributed by atoms with Crippen molar-refractivity contribution in [2.75, 3.05) is 0 Å². The van der Waals surface area contributed by atoms with Gasteiger partial charge in [0.2, 0.25) is 0 Å². The summed E-state index contributed by atoms with van der Waals surface area (Å²) in [5, 5.41) is 14.5. The third kappa shape index (κ3) is 1.83. The van der Waals surface area contributed by atoms with E-state index in [1.54, 1.807) is 36.4 Å². The summed E-state index contributed by atoms with van der Waals surface area (Å²) >= 11 is 0. The SMILES string of the molecule is O=C1NC(=O)C(c2ccccc2)(C2C=CC(O)C=C2)N1. The Morgan fingerprint density at radius 1 is 1.00 bits per heavy atom. The zero-order valence-electron chi connectivity index (χ0n) is 10.6. The molecule has 0 bridgehead atoms. The summed E-state index contributed by atoms with van der Waals surface area (Å²) < 4.78 is 0. The zero-order valence-corrected chi connectivity index (χ0v) is 10.6. The lowest BCUT2D eigenvalue weighted by molar-refractivity contribution is -0.125. The van der Waals surface area contributed by atoms with Crippen LogP contribution in [0.4, 0.5) is 4.79 Å². The molecule has 3 amide bonds. The van der Waals surface area contributed by atoms with E-state index in [-0.39, 0.29) is 11.8 Å². The van der Waals surface area contributed by atoms with E-state index < -0.39 is 17.7 Å². The molecule has 1 aromatic rings. The molecule has 1 atom stereocenters. The van der Waals surface area contributed by atoms with E-state index in [1.165, 1.54) is 0 Å². The van der Waals surface area contributed by atoms with Crippen molar-refractivity contribution in [2.24, 2.45) is 5.92 Å². The molecule has 5 heteroatoms. The topological polar surface area (TPSA) is 78.4 Å². The fourth-order valence-corrected chi connectivity index (χ4v) is 2.68. The molecule has 3 N–H and O–H groups in total.